The van der Waals surface area contributed by atoms with Gasteiger partial charge in [0, 0.05) is 11.3 Å². The summed E-state index contributed by atoms with van der Waals surface area (Å²) in [6.45, 7) is 8.24. The van der Waals surface area contributed by atoms with E-state index in [0.717, 1.165) is 22.0 Å². The Morgan fingerprint density at radius 3 is 2.83 bits per heavy atom. The second-order valence-corrected chi connectivity index (χ2v) is 6.69. The molecule has 0 radical (unpaired) electrons. The smallest absolute Gasteiger partial charge is 0.226 e. The van der Waals surface area contributed by atoms with Gasteiger partial charge in [0.05, 0.1) is 11.7 Å². The third-order valence-electron chi connectivity index (χ3n) is 3.46. The summed E-state index contributed by atoms with van der Waals surface area (Å²) in [6, 6.07) is 6.48. The van der Waals surface area contributed by atoms with Crippen molar-refractivity contribution in [2.45, 2.75) is 44.6 Å². The molecular weight excluding hydrogens is 310 g/mol. The van der Waals surface area contributed by atoms with E-state index in [-0.39, 0.29) is 6.04 Å². The number of hydrogen-bond acceptors (Lipinski definition) is 6. The minimum Gasteiger partial charge on any atom is -0.444 e. The number of aromatic nitrogens is 5. The highest BCUT2D eigenvalue weighted by Crippen LogP contribution is 2.26. The predicted molar refractivity (Wildman–Crippen MR) is 89.2 cm³/mol. The lowest BCUT2D eigenvalue weighted by molar-refractivity contribution is 0.477. The van der Waals surface area contributed by atoms with Gasteiger partial charge in [0.15, 0.2) is 0 Å². The average molecular weight is 329 g/mol. The van der Waals surface area contributed by atoms with Crippen LogP contribution in [0, 0.1) is 13.8 Å². The Morgan fingerprint density at radius 2 is 2.09 bits per heavy atom. The number of nitrogens with zero attached hydrogens (tertiary/aromatic N) is 5. The monoisotopic (exact) mass is 329 g/mol. The first-order valence-electron chi connectivity index (χ1n) is 7.47. The van der Waals surface area contributed by atoms with E-state index in [2.05, 4.69) is 60.3 Å². The number of aryl methyl sites for hydroxylation is 2. The zero-order chi connectivity index (χ0) is 16.4. The summed E-state index contributed by atoms with van der Waals surface area (Å²) < 4.78 is 7.44. The molecule has 120 valence electrons. The van der Waals surface area contributed by atoms with Gasteiger partial charge < -0.3 is 4.42 Å². The molecule has 23 heavy (non-hydrogen) atoms. The van der Waals surface area contributed by atoms with Crippen LogP contribution >= 0.6 is 11.8 Å². The van der Waals surface area contributed by atoms with Crippen molar-refractivity contribution in [3.8, 4) is 11.5 Å². The molecule has 0 amide bonds. The van der Waals surface area contributed by atoms with Crippen LogP contribution in [0.1, 0.15) is 36.7 Å². The van der Waals surface area contributed by atoms with Gasteiger partial charge in [-0.1, -0.05) is 29.5 Å². The second kappa shape index (κ2) is 6.54. The van der Waals surface area contributed by atoms with E-state index in [0.29, 0.717) is 11.6 Å². The van der Waals surface area contributed by atoms with Crippen LogP contribution in [0.25, 0.3) is 11.5 Å². The van der Waals surface area contributed by atoms with Crippen LogP contribution < -0.4 is 0 Å². The maximum atomic E-state index is 5.64. The second-order valence-electron chi connectivity index (χ2n) is 5.75. The summed E-state index contributed by atoms with van der Waals surface area (Å²) in [5, 5.41) is 12.6. The third-order valence-corrected chi connectivity index (χ3v) is 4.43. The number of benzene rings is 1. The lowest BCUT2D eigenvalue weighted by Gasteiger charge is -2.05. The van der Waals surface area contributed by atoms with Gasteiger partial charge in [-0.25, -0.2) is 9.67 Å². The van der Waals surface area contributed by atoms with Crippen molar-refractivity contribution in [2.24, 2.45) is 0 Å². The van der Waals surface area contributed by atoms with E-state index >= 15 is 0 Å². The largest absolute Gasteiger partial charge is 0.444 e. The number of rotatable bonds is 5. The van der Waals surface area contributed by atoms with Crippen LogP contribution in [-0.2, 0) is 5.75 Å². The van der Waals surface area contributed by atoms with Crippen LogP contribution in [0.2, 0.25) is 0 Å². The van der Waals surface area contributed by atoms with Gasteiger partial charge in [-0.3, -0.25) is 0 Å². The quantitative estimate of drug-likeness (QED) is 0.663. The van der Waals surface area contributed by atoms with Gasteiger partial charge in [-0.15, -0.1) is 5.10 Å². The van der Waals surface area contributed by atoms with Crippen LogP contribution in [-0.4, -0.2) is 25.2 Å². The standard InChI is InChI=1S/C16H19N5OS/c1-10(2)21-16(18-19-20-21)23-9-13-8-22-15(17-13)14-6-5-11(3)7-12(14)4/h5-8,10H,9H2,1-4H3. The van der Waals surface area contributed by atoms with Gasteiger partial charge in [-0.05, 0) is 49.8 Å². The van der Waals surface area contributed by atoms with Gasteiger partial charge in [0.25, 0.3) is 0 Å². The van der Waals surface area contributed by atoms with Crippen molar-refractivity contribution in [3.63, 3.8) is 0 Å². The molecule has 6 nitrogen and oxygen atoms in total. The highest BCUT2D eigenvalue weighted by Gasteiger charge is 2.13. The zero-order valence-electron chi connectivity index (χ0n) is 13.6. The van der Waals surface area contributed by atoms with E-state index < -0.39 is 0 Å². The van der Waals surface area contributed by atoms with Crippen molar-refractivity contribution in [2.75, 3.05) is 0 Å². The molecule has 0 bridgehead atoms. The fourth-order valence-electron chi connectivity index (χ4n) is 2.29. The van der Waals surface area contributed by atoms with Gasteiger partial charge >= 0.3 is 0 Å². The molecule has 0 aliphatic heterocycles. The maximum absolute atomic E-state index is 5.64. The minimum atomic E-state index is 0.232. The fourth-order valence-corrected chi connectivity index (χ4v) is 3.18. The van der Waals surface area contributed by atoms with Gasteiger partial charge in [0.2, 0.25) is 11.0 Å². The van der Waals surface area contributed by atoms with E-state index in [1.54, 1.807) is 22.7 Å². The van der Waals surface area contributed by atoms with Crippen molar-refractivity contribution in [3.05, 3.63) is 41.3 Å². The highest BCUT2D eigenvalue weighted by atomic mass is 32.2. The number of hydrogen-bond donors (Lipinski definition) is 0. The molecule has 0 unspecified atom stereocenters. The summed E-state index contributed by atoms with van der Waals surface area (Å²) in [7, 11) is 0. The highest BCUT2D eigenvalue weighted by molar-refractivity contribution is 7.98. The average Bonchev–Trinajstić information content (AvgIpc) is 3.14. The Hall–Kier alpha value is -2.15. The van der Waals surface area contributed by atoms with Crippen molar-refractivity contribution in [1.29, 1.82) is 0 Å². The maximum Gasteiger partial charge on any atom is 0.226 e. The molecule has 0 aliphatic rings. The van der Waals surface area contributed by atoms with Crippen molar-refractivity contribution in [1.82, 2.24) is 25.2 Å². The van der Waals surface area contributed by atoms with Gasteiger partial charge in [0.1, 0.15) is 6.26 Å². The summed E-state index contributed by atoms with van der Waals surface area (Å²) >= 11 is 1.55. The van der Waals surface area contributed by atoms with Crippen LogP contribution in [0.15, 0.2) is 34.0 Å². The Kier molecular flexibility index (Phi) is 4.47. The minimum absolute atomic E-state index is 0.232. The summed E-state index contributed by atoms with van der Waals surface area (Å²) in [4.78, 5) is 4.58. The van der Waals surface area contributed by atoms with E-state index in [9.17, 15) is 0 Å². The lowest BCUT2D eigenvalue weighted by Crippen LogP contribution is -2.04. The molecule has 0 saturated carbocycles. The predicted octanol–water partition coefficient (Wildman–Crippen LogP) is 3.82. The molecule has 2 heterocycles. The first-order chi connectivity index (χ1) is 11.0. The summed E-state index contributed by atoms with van der Waals surface area (Å²) in [5.74, 6) is 1.32. The molecule has 0 atom stereocenters. The zero-order valence-corrected chi connectivity index (χ0v) is 14.5. The SMILES string of the molecule is Cc1ccc(-c2nc(CSc3nnnn3C(C)C)co2)c(C)c1. The number of thioether (sulfide) groups is 1. The molecule has 3 aromatic rings. The van der Waals surface area contributed by atoms with E-state index in [1.165, 1.54) is 5.56 Å². The molecule has 1 aromatic carbocycles. The van der Waals surface area contributed by atoms with E-state index in [4.69, 9.17) is 4.42 Å². The Labute approximate surface area is 139 Å². The molecule has 3 rings (SSSR count). The molecule has 0 fully saturated rings. The van der Waals surface area contributed by atoms with Gasteiger partial charge in [-0.2, -0.15) is 0 Å². The van der Waals surface area contributed by atoms with Crippen molar-refractivity contribution < 1.29 is 4.42 Å². The first-order valence-corrected chi connectivity index (χ1v) is 8.46. The Bertz CT molecular complexity index is 808. The normalized spacial score (nSPS) is 11.3. The molecule has 7 heteroatoms. The third kappa shape index (κ3) is 3.44. The molecular formula is C16H19N5OS. The summed E-state index contributed by atoms with van der Waals surface area (Å²) in [6.07, 6.45) is 1.70. The molecule has 0 saturated heterocycles. The van der Waals surface area contributed by atoms with E-state index in [1.807, 2.05) is 6.07 Å². The fraction of sp³-hybridized carbons (Fsp3) is 0.375. The topological polar surface area (TPSA) is 69.6 Å². The van der Waals surface area contributed by atoms with Crippen LogP contribution in [0.3, 0.4) is 0 Å². The number of oxazole rings is 1. The van der Waals surface area contributed by atoms with Crippen LogP contribution in [0.4, 0.5) is 0 Å². The van der Waals surface area contributed by atoms with Crippen molar-refractivity contribution >= 4 is 11.8 Å². The first kappa shape index (κ1) is 15.7. The molecule has 2 aromatic heterocycles. The summed E-state index contributed by atoms with van der Waals surface area (Å²) in [5.41, 5.74) is 4.30. The number of tetrazole rings is 1. The van der Waals surface area contributed by atoms with Crippen LogP contribution in [0.5, 0.6) is 0 Å². The molecule has 0 aliphatic carbocycles. The Morgan fingerprint density at radius 1 is 1.26 bits per heavy atom. The molecule has 0 N–H and O–H groups in total. The Balaban J connectivity index is 1.73. The lowest BCUT2D eigenvalue weighted by atomic mass is 10.1. The molecule has 0 spiro atoms.